The van der Waals surface area contributed by atoms with Crippen molar-refractivity contribution in [2.75, 3.05) is 26.2 Å². The van der Waals surface area contributed by atoms with E-state index in [4.69, 9.17) is 10.5 Å². The molecule has 1 aliphatic rings. The van der Waals surface area contributed by atoms with Crippen LogP contribution in [0, 0.1) is 5.92 Å². The van der Waals surface area contributed by atoms with Gasteiger partial charge in [0.05, 0.1) is 6.61 Å². The molecule has 1 fully saturated rings. The van der Waals surface area contributed by atoms with Gasteiger partial charge in [0.15, 0.2) is 0 Å². The molecule has 0 aromatic rings. The molecule has 0 spiro atoms. The zero-order valence-corrected chi connectivity index (χ0v) is 8.16. The average molecular weight is 186 g/mol. The van der Waals surface area contributed by atoms with Crippen LogP contribution >= 0.6 is 0 Å². The van der Waals surface area contributed by atoms with Gasteiger partial charge >= 0.3 is 6.09 Å². The molecule has 0 aliphatic carbocycles. The Labute approximate surface area is 79.0 Å². The molecule has 13 heavy (non-hydrogen) atoms. The second kappa shape index (κ2) is 5.07. The molecule has 1 heterocycles. The Morgan fingerprint density at radius 1 is 1.69 bits per heavy atom. The van der Waals surface area contributed by atoms with Crippen LogP contribution in [0.15, 0.2) is 0 Å². The number of hydrogen-bond donors (Lipinski definition) is 1. The molecular formula is C9H18N2O2. The predicted octanol–water partition coefficient (Wildman–Crippen LogP) is 0.814. The van der Waals surface area contributed by atoms with Gasteiger partial charge in [-0.15, -0.1) is 0 Å². The summed E-state index contributed by atoms with van der Waals surface area (Å²) < 4.78 is 5.00. The van der Waals surface area contributed by atoms with E-state index in [2.05, 4.69) is 6.92 Å². The fourth-order valence-corrected chi connectivity index (χ4v) is 1.39. The molecule has 0 bridgehead atoms. The maximum absolute atomic E-state index is 11.2. The van der Waals surface area contributed by atoms with Gasteiger partial charge in [-0.3, -0.25) is 0 Å². The number of carbonyl (C=O) groups excluding carboxylic acids is 1. The summed E-state index contributed by atoms with van der Waals surface area (Å²) >= 11 is 0. The van der Waals surface area contributed by atoms with Gasteiger partial charge in [-0.1, -0.05) is 13.3 Å². The first-order chi connectivity index (χ1) is 6.27. The fourth-order valence-electron chi connectivity index (χ4n) is 1.39. The minimum absolute atomic E-state index is 0.182. The van der Waals surface area contributed by atoms with Crippen molar-refractivity contribution >= 4 is 6.09 Å². The third kappa shape index (κ3) is 2.88. The van der Waals surface area contributed by atoms with E-state index in [-0.39, 0.29) is 6.09 Å². The van der Waals surface area contributed by atoms with E-state index < -0.39 is 0 Å². The molecule has 1 unspecified atom stereocenters. The first kappa shape index (κ1) is 10.3. The van der Waals surface area contributed by atoms with Gasteiger partial charge in [0.2, 0.25) is 0 Å². The maximum Gasteiger partial charge on any atom is 0.409 e. The lowest BCUT2D eigenvalue weighted by Gasteiger charge is -2.31. The van der Waals surface area contributed by atoms with Crippen LogP contribution in [0.25, 0.3) is 0 Å². The summed E-state index contributed by atoms with van der Waals surface area (Å²) in [7, 11) is 0. The molecule has 1 amide bonds. The van der Waals surface area contributed by atoms with Crippen molar-refractivity contribution < 1.29 is 9.53 Å². The van der Waals surface area contributed by atoms with E-state index in [9.17, 15) is 4.79 Å². The lowest BCUT2D eigenvalue weighted by atomic mass is 10.1. The quantitative estimate of drug-likeness (QED) is 0.707. The van der Waals surface area contributed by atoms with Crippen molar-refractivity contribution in [1.82, 2.24) is 4.90 Å². The minimum Gasteiger partial charge on any atom is -0.449 e. The number of nitrogens with zero attached hydrogens (tertiary/aromatic N) is 1. The highest BCUT2D eigenvalue weighted by molar-refractivity contribution is 5.68. The van der Waals surface area contributed by atoms with E-state index in [0.29, 0.717) is 19.1 Å². The van der Waals surface area contributed by atoms with Crippen LogP contribution in [0.1, 0.15) is 19.8 Å². The number of ether oxygens (including phenoxy) is 1. The Bertz CT molecular complexity index is 173. The number of hydrogen-bond acceptors (Lipinski definition) is 3. The number of unbranched alkanes of at least 4 members (excludes halogenated alkanes) is 1. The van der Waals surface area contributed by atoms with Crippen molar-refractivity contribution in [2.24, 2.45) is 11.7 Å². The largest absolute Gasteiger partial charge is 0.449 e. The standard InChI is InChI=1S/C9H18N2O2/c1-2-3-4-11-6-8(5-10)7-13-9(11)12/h8H,2-7,10H2,1H3. The Hall–Kier alpha value is -0.770. The van der Waals surface area contributed by atoms with Gasteiger partial charge in [0.25, 0.3) is 0 Å². The molecule has 0 saturated carbocycles. The van der Waals surface area contributed by atoms with Crippen molar-refractivity contribution in [1.29, 1.82) is 0 Å². The average Bonchev–Trinajstić information content (AvgIpc) is 2.17. The number of amides is 1. The summed E-state index contributed by atoms with van der Waals surface area (Å²) in [5.74, 6) is 0.314. The Morgan fingerprint density at radius 2 is 2.46 bits per heavy atom. The molecule has 0 aromatic heterocycles. The van der Waals surface area contributed by atoms with Crippen LogP contribution in [-0.2, 0) is 4.74 Å². The SMILES string of the molecule is CCCCN1CC(CN)COC1=O. The molecule has 1 saturated heterocycles. The molecule has 1 aliphatic heterocycles. The van der Waals surface area contributed by atoms with Crippen molar-refractivity contribution in [3.05, 3.63) is 0 Å². The van der Waals surface area contributed by atoms with E-state index in [1.807, 2.05) is 0 Å². The highest BCUT2D eigenvalue weighted by atomic mass is 16.6. The van der Waals surface area contributed by atoms with E-state index in [1.54, 1.807) is 4.90 Å². The van der Waals surface area contributed by atoms with Gasteiger partial charge in [-0.2, -0.15) is 0 Å². The molecule has 1 atom stereocenters. The fraction of sp³-hybridized carbons (Fsp3) is 0.889. The maximum atomic E-state index is 11.2. The summed E-state index contributed by atoms with van der Waals surface area (Å²) in [6.45, 7) is 4.74. The smallest absolute Gasteiger partial charge is 0.409 e. The Morgan fingerprint density at radius 3 is 3.08 bits per heavy atom. The summed E-state index contributed by atoms with van der Waals surface area (Å²) in [5, 5.41) is 0. The van der Waals surface area contributed by atoms with E-state index >= 15 is 0 Å². The first-order valence-electron chi connectivity index (χ1n) is 4.89. The topological polar surface area (TPSA) is 55.6 Å². The number of rotatable bonds is 4. The van der Waals surface area contributed by atoms with Gasteiger partial charge in [-0.05, 0) is 6.42 Å². The number of carbonyl (C=O) groups is 1. The van der Waals surface area contributed by atoms with Crippen LogP contribution in [0.4, 0.5) is 4.79 Å². The van der Waals surface area contributed by atoms with Gasteiger partial charge in [0.1, 0.15) is 0 Å². The van der Waals surface area contributed by atoms with E-state index in [1.165, 1.54) is 0 Å². The zero-order chi connectivity index (χ0) is 9.68. The third-order valence-corrected chi connectivity index (χ3v) is 2.29. The van der Waals surface area contributed by atoms with E-state index in [0.717, 1.165) is 25.9 Å². The molecule has 76 valence electrons. The van der Waals surface area contributed by atoms with Crippen molar-refractivity contribution in [3.63, 3.8) is 0 Å². The predicted molar refractivity (Wildman–Crippen MR) is 50.4 cm³/mol. The van der Waals surface area contributed by atoms with Crippen LogP contribution in [0.3, 0.4) is 0 Å². The van der Waals surface area contributed by atoms with Crippen LogP contribution in [0.2, 0.25) is 0 Å². The normalized spacial score (nSPS) is 23.1. The Kier molecular flexibility index (Phi) is 4.02. The molecule has 0 aromatic carbocycles. The molecule has 2 N–H and O–H groups in total. The van der Waals surface area contributed by atoms with Gasteiger partial charge in [-0.25, -0.2) is 4.79 Å². The zero-order valence-electron chi connectivity index (χ0n) is 8.16. The van der Waals surface area contributed by atoms with Crippen LogP contribution < -0.4 is 5.73 Å². The number of cyclic esters (lactones) is 1. The highest BCUT2D eigenvalue weighted by Gasteiger charge is 2.25. The second-order valence-corrected chi connectivity index (χ2v) is 3.48. The van der Waals surface area contributed by atoms with Crippen molar-refractivity contribution in [3.8, 4) is 0 Å². The van der Waals surface area contributed by atoms with Gasteiger partial charge in [0, 0.05) is 25.6 Å². The molecule has 4 heteroatoms. The molecular weight excluding hydrogens is 168 g/mol. The second-order valence-electron chi connectivity index (χ2n) is 3.48. The summed E-state index contributed by atoms with van der Waals surface area (Å²) in [5.41, 5.74) is 5.52. The lowest BCUT2D eigenvalue weighted by molar-refractivity contribution is 0.0451. The minimum atomic E-state index is -0.182. The van der Waals surface area contributed by atoms with Crippen LogP contribution in [-0.4, -0.2) is 37.2 Å². The summed E-state index contributed by atoms with van der Waals surface area (Å²) in [6, 6.07) is 0. The lowest BCUT2D eigenvalue weighted by Crippen LogP contribution is -2.45. The third-order valence-electron chi connectivity index (χ3n) is 2.29. The highest BCUT2D eigenvalue weighted by Crippen LogP contribution is 2.10. The molecule has 1 rings (SSSR count). The summed E-state index contributed by atoms with van der Waals surface area (Å²) in [6.07, 6.45) is 1.95. The monoisotopic (exact) mass is 186 g/mol. The Balaban J connectivity index is 2.36. The van der Waals surface area contributed by atoms with Gasteiger partial charge < -0.3 is 15.4 Å². The van der Waals surface area contributed by atoms with Crippen molar-refractivity contribution in [2.45, 2.75) is 19.8 Å². The number of nitrogens with two attached hydrogens (primary N) is 1. The molecule has 0 radical (unpaired) electrons. The van der Waals surface area contributed by atoms with Crippen LogP contribution in [0.5, 0.6) is 0 Å². The molecule has 4 nitrogen and oxygen atoms in total. The summed E-state index contributed by atoms with van der Waals surface area (Å²) in [4.78, 5) is 13.0. The first-order valence-corrected chi connectivity index (χ1v) is 4.89.